The summed E-state index contributed by atoms with van der Waals surface area (Å²) >= 11 is 0. The van der Waals surface area contributed by atoms with Gasteiger partial charge in [-0.05, 0) is 31.1 Å². The summed E-state index contributed by atoms with van der Waals surface area (Å²) in [6.07, 6.45) is 6.15. The Morgan fingerprint density at radius 3 is 3.13 bits per heavy atom. The van der Waals surface area contributed by atoms with E-state index in [0.717, 1.165) is 25.1 Å². The molecule has 1 atom stereocenters. The Kier molecular flexibility index (Phi) is 3.12. The Hall–Kier alpha value is -1.64. The zero-order valence-electron chi connectivity index (χ0n) is 8.52. The van der Waals surface area contributed by atoms with E-state index in [0.29, 0.717) is 0 Å². The van der Waals surface area contributed by atoms with E-state index in [-0.39, 0.29) is 11.9 Å². The van der Waals surface area contributed by atoms with Gasteiger partial charge in [-0.3, -0.25) is 0 Å². The van der Waals surface area contributed by atoms with Gasteiger partial charge in [0.15, 0.2) is 0 Å². The first-order chi connectivity index (χ1) is 7.34. The Morgan fingerprint density at radius 2 is 2.40 bits per heavy atom. The van der Waals surface area contributed by atoms with Crippen LogP contribution in [0.2, 0.25) is 0 Å². The van der Waals surface area contributed by atoms with Crippen LogP contribution in [0.15, 0.2) is 36.6 Å². The first-order valence-electron chi connectivity index (χ1n) is 5.18. The SMILES string of the molecule is Oc1cccc(NCC2CCC=CO2)c1. The van der Waals surface area contributed by atoms with Crippen LogP contribution in [0.3, 0.4) is 0 Å². The van der Waals surface area contributed by atoms with Crippen molar-refractivity contribution >= 4 is 5.69 Å². The molecule has 2 N–H and O–H groups in total. The predicted molar refractivity (Wildman–Crippen MR) is 59.8 cm³/mol. The number of nitrogens with one attached hydrogen (secondary N) is 1. The quantitative estimate of drug-likeness (QED) is 0.796. The average molecular weight is 205 g/mol. The zero-order chi connectivity index (χ0) is 10.5. The summed E-state index contributed by atoms with van der Waals surface area (Å²) in [7, 11) is 0. The Bertz CT molecular complexity index is 349. The van der Waals surface area contributed by atoms with Gasteiger partial charge in [-0.1, -0.05) is 6.07 Å². The van der Waals surface area contributed by atoms with Gasteiger partial charge >= 0.3 is 0 Å². The number of rotatable bonds is 3. The van der Waals surface area contributed by atoms with Gasteiger partial charge in [-0.25, -0.2) is 0 Å². The Labute approximate surface area is 89.4 Å². The summed E-state index contributed by atoms with van der Waals surface area (Å²) in [5, 5.41) is 12.5. The molecule has 0 aromatic heterocycles. The summed E-state index contributed by atoms with van der Waals surface area (Å²) in [4.78, 5) is 0. The van der Waals surface area contributed by atoms with E-state index < -0.39 is 0 Å². The third-order valence-electron chi connectivity index (χ3n) is 2.40. The molecule has 0 aliphatic carbocycles. The molecule has 80 valence electrons. The molecule has 15 heavy (non-hydrogen) atoms. The average Bonchev–Trinajstić information content (AvgIpc) is 2.28. The van der Waals surface area contributed by atoms with Crippen molar-refractivity contribution in [2.75, 3.05) is 11.9 Å². The van der Waals surface area contributed by atoms with E-state index in [9.17, 15) is 5.11 Å². The molecule has 1 aromatic carbocycles. The van der Waals surface area contributed by atoms with E-state index in [1.54, 1.807) is 18.4 Å². The Balaban J connectivity index is 1.84. The van der Waals surface area contributed by atoms with Crippen LogP contribution in [0.25, 0.3) is 0 Å². The van der Waals surface area contributed by atoms with Crippen molar-refractivity contribution in [2.24, 2.45) is 0 Å². The topological polar surface area (TPSA) is 41.5 Å². The fourth-order valence-corrected chi connectivity index (χ4v) is 1.58. The van der Waals surface area contributed by atoms with Gasteiger partial charge in [-0.2, -0.15) is 0 Å². The monoisotopic (exact) mass is 205 g/mol. The first-order valence-corrected chi connectivity index (χ1v) is 5.18. The summed E-state index contributed by atoms with van der Waals surface area (Å²) in [6, 6.07) is 7.11. The summed E-state index contributed by atoms with van der Waals surface area (Å²) in [6.45, 7) is 0.772. The third-order valence-corrected chi connectivity index (χ3v) is 2.40. The molecule has 1 aliphatic heterocycles. The summed E-state index contributed by atoms with van der Waals surface area (Å²) in [5.74, 6) is 0.282. The maximum absolute atomic E-state index is 9.27. The van der Waals surface area contributed by atoms with Gasteiger partial charge in [0.2, 0.25) is 0 Å². The molecule has 3 heteroatoms. The van der Waals surface area contributed by atoms with Crippen molar-refractivity contribution < 1.29 is 9.84 Å². The number of aromatic hydroxyl groups is 1. The minimum Gasteiger partial charge on any atom is -0.508 e. The lowest BCUT2D eigenvalue weighted by Gasteiger charge is -2.20. The fraction of sp³-hybridized carbons (Fsp3) is 0.333. The minimum atomic E-state index is 0.234. The molecule has 0 bridgehead atoms. The van der Waals surface area contributed by atoms with E-state index in [4.69, 9.17) is 4.74 Å². The van der Waals surface area contributed by atoms with E-state index in [1.165, 1.54) is 0 Å². The van der Waals surface area contributed by atoms with Crippen LogP contribution in [-0.2, 0) is 4.74 Å². The van der Waals surface area contributed by atoms with E-state index in [1.807, 2.05) is 18.2 Å². The Morgan fingerprint density at radius 1 is 1.47 bits per heavy atom. The van der Waals surface area contributed by atoms with Crippen molar-refractivity contribution in [3.63, 3.8) is 0 Å². The summed E-state index contributed by atoms with van der Waals surface area (Å²) in [5.41, 5.74) is 0.924. The molecule has 0 radical (unpaired) electrons. The standard InChI is InChI=1S/C12H15NO2/c14-11-5-3-4-10(8-11)13-9-12-6-1-2-7-15-12/h2-5,7-8,12-14H,1,6,9H2. The highest BCUT2D eigenvalue weighted by atomic mass is 16.5. The first kappa shape index (κ1) is 9.90. The molecule has 1 aliphatic rings. The second-order valence-electron chi connectivity index (χ2n) is 3.64. The van der Waals surface area contributed by atoms with Crippen molar-refractivity contribution in [2.45, 2.75) is 18.9 Å². The molecule has 0 saturated carbocycles. The molecule has 3 nitrogen and oxygen atoms in total. The number of anilines is 1. The molecule has 0 saturated heterocycles. The van der Waals surface area contributed by atoms with Gasteiger partial charge in [0.25, 0.3) is 0 Å². The highest BCUT2D eigenvalue weighted by Gasteiger charge is 2.09. The molecule has 1 heterocycles. The smallest absolute Gasteiger partial charge is 0.117 e. The molecular weight excluding hydrogens is 190 g/mol. The number of phenolic OH excluding ortho intramolecular Hbond substituents is 1. The van der Waals surface area contributed by atoms with Crippen LogP contribution >= 0.6 is 0 Å². The predicted octanol–water partition coefficient (Wildman–Crippen LogP) is 2.50. The lowest BCUT2D eigenvalue weighted by Crippen LogP contribution is -2.22. The van der Waals surface area contributed by atoms with Gasteiger partial charge in [-0.15, -0.1) is 0 Å². The van der Waals surface area contributed by atoms with Crippen LogP contribution < -0.4 is 5.32 Å². The molecule has 1 aromatic rings. The highest BCUT2D eigenvalue weighted by molar-refractivity contribution is 5.47. The van der Waals surface area contributed by atoms with Crippen molar-refractivity contribution in [3.8, 4) is 5.75 Å². The number of hydrogen-bond acceptors (Lipinski definition) is 3. The second-order valence-corrected chi connectivity index (χ2v) is 3.64. The van der Waals surface area contributed by atoms with Gasteiger partial charge < -0.3 is 15.2 Å². The number of allylic oxidation sites excluding steroid dienone is 1. The largest absolute Gasteiger partial charge is 0.508 e. The van der Waals surface area contributed by atoms with Crippen LogP contribution in [0.1, 0.15) is 12.8 Å². The lowest BCUT2D eigenvalue weighted by molar-refractivity contribution is 0.135. The normalized spacial score (nSPS) is 19.6. The van der Waals surface area contributed by atoms with E-state index >= 15 is 0 Å². The number of hydrogen-bond donors (Lipinski definition) is 2. The minimum absolute atomic E-state index is 0.234. The molecule has 2 rings (SSSR count). The third kappa shape index (κ3) is 2.91. The second kappa shape index (κ2) is 4.73. The van der Waals surface area contributed by atoms with Crippen LogP contribution in [0.5, 0.6) is 5.75 Å². The molecule has 0 spiro atoms. The van der Waals surface area contributed by atoms with Crippen LogP contribution in [0, 0.1) is 0 Å². The van der Waals surface area contributed by atoms with Gasteiger partial charge in [0, 0.05) is 11.8 Å². The molecule has 1 unspecified atom stereocenters. The summed E-state index contributed by atoms with van der Waals surface area (Å²) < 4.78 is 5.42. The molecule has 0 amide bonds. The van der Waals surface area contributed by atoms with Crippen molar-refractivity contribution in [3.05, 3.63) is 36.6 Å². The maximum atomic E-state index is 9.27. The number of benzene rings is 1. The number of phenols is 1. The van der Waals surface area contributed by atoms with E-state index in [2.05, 4.69) is 5.32 Å². The van der Waals surface area contributed by atoms with Crippen molar-refractivity contribution in [1.82, 2.24) is 0 Å². The van der Waals surface area contributed by atoms with Gasteiger partial charge in [0.1, 0.15) is 11.9 Å². The fourth-order valence-electron chi connectivity index (χ4n) is 1.58. The van der Waals surface area contributed by atoms with Crippen molar-refractivity contribution in [1.29, 1.82) is 0 Å². The lowest BCUT2D eigenvalue weighted by atomic mass is 10.1. The molecule has 0 fully saturated rings. The van der Waals surface area contributed by atoms with Crippen LogP contribution in [-0.4, -0.2) is 17.8 Å². The maximum Gasteiger partial charge on any atom is 0.117 e. The zero-order valence-corrected chi connectivity index (χ0v) is 8.52. The molecular formula is C12H15NO2. The number of ether oxygens (including phenoxy) is 1. The van der Waals surface area contributed by atoms with Gasteiger partial charge in [0.05, 0.1) is 12.8 Å². The van der Waals surface area contributed by atoms with Crippen LogP contribution in [0.4, 0.5) is 5.69 Å². The highest BCUT2D eigenvalue weighted by Crippen LogP contribution is 2.16.